The summed E-state index contributed by atoms with van der Waals surface area (Å²) in [6, 6.07) is 14.7. The van der Waals surface area contributed by atoms with E-state index in [0.717, 1.165) is 11.1 Å². The van der Waals surface area contributed by atoms with Crippen molar-refractivity contribution in [1.29, 1.82) is 0 Å². The summed E-state index contributed by atoms with van der Waals surface area (Å²) in [6.45, 7) is 0. The predicted octanol–water partition coefficient (Wildman–Crippen LogP) is 4.85. The van der Waals surface area contributed by atoms with Crippen molar-refractivity contribution in [3.63, 3.8) is 0 Å². The first-order valence-corrected chi connectivity index (χ1v) is 10.7. The van der Waals surface area contributed by atoms with E-state index < -0.39 is 0 Å². The van der Waals surface area contributed by atoms with E-state index in [2.05, 4.69) is 10.3 Å². The maximum absolute atomic E-state index is 12.9. The molecule has 0 radical (unpaired) electrons. The van der Waals surface area contributed by atoms with Gasteiger partial charge in [-0.3, -0.25) is 9.59 Å². The zero-order valence-corrected chi connectivity index (χ0v) is 17.8. The number of benzene rings is 2. The SMILES string of the molecule is Cn1c(SCc2ccc(Cl)cc2)nc(=O)c2c1NC(=O)CC2c1ccc(Cl)cc1. The lowest BCUT2D eigenvalue weighted by molar-refractivity contribution is -0.116. The molecule has 4 rings (SSSR count). The Morgan fingerprint density at radius 1 is 1.07 bits per heavy atom. The Morgan fingerprint density at radius 2 is 1.69 bits per heavy atom. The fraction of sp³-hybridized carbons (Fsp3) is 0.190. The topological polar surface area (TPSA) is 64.0 Å². The minimum Gasteiger partial charge on any atom is -0.312 e. The number of carbonyl (C=O) groups is 1. The van der Waals surface area contributed by atoms with Crippen LogP contribution in [0.3, 0.4) is 0 Å². The summed E-state index contributed by atoms with van der Waals surface area (Å²) in [5, 5.41) is 4.68. The number of nitrogens with one attached hydrogen (secondary N) is 1. The molecule has 3 aromatic rings. The summed E-state index contributed by atoms with van der Waals surface area (Å²) in [5.74, 6) is 0.648. The lowest BCUT2D eigenvalue weighted by Crippen LogP contribution is -2.33. The van der Waals surface area contributed by atoms with Crippen molar-refractivity contribution in [3.8, 4) is 0 Å². The molecule has 148 valence electrons. The van der Waals surface area contributed by atoms with Crippen molar-refractivity contribution in [2.24, 2.45) is 7.05 Å². The quantitative estimate of drug-likeness (QED) is 0.460. The minimum absolute atomic E-state index is 0.132. The second kappa shape index (κ2) is 8.22. The number of amides is 1. The molecule has 1 aliphatic heterocycles. The van der Waals surface area contributed by atoms with Gasteiger partial charge in [0.25, 0.3) is 5.56 Å². The van der Waals surface area contributed by atoms with Gasteiger partial charge >= 0.3 is 0 Å². The Balaban J connectivity index is 1.70. The van der Waals surface area contributed by atoms with Crippen LogP contribution in [-0.2, 0) is 17.6 Å². The van der Waals surface area contributed by atoms with Gasteiger partial charge in [0.15, 0.2) is 5.16 Å². The Morgan fingerprint density at radius 3 is 2.34 bits per heavy atom. The number of aromatic nitrogens is 2. The molecule has 1 amide bonds. The zero-order valence-electron chi connectivity index (χ0n) is 15.5. The summed E-state index contributed by atoms with van der Waals surface area (Å²) in [7, 11) is 1.81. The predicted molar refractivity (Wildman–Crippen MR) is 117 cm³/mol. The van der Waals surface area contributed by atoms with Gasteiger partial charge in [0, 0.05) is 35.2 Å². The number of anilines is 1. The number of thioether (sulfide) groups is 1. The van der Waals surface area contributed by atoms with Gasteiger partial charge in [-0.25, -0.2) is 0 Å². The van der Waals surface area contributed by atoms with Crippen LogP contribution in [-0.4, -0.2) is 15.5 Å². The van der Waals surface area contributed by atoms with E-state index in [-0.39, 0.29) is 23.8 Å². The number of rotatable bonds is 4. The maximum atomic E-state index is 12.9. The molecule has 1 aliphatic rings. The molecule has 29 heavy (non-hydrogen) atoms. The first-order chi connectivity index (χ1) is 13.9. The molecule has 0 fully saturated rings. The number of halogens is 2. The van der Waals surface area contributed by atoms with Gasteiger partial charge in [0.1, 0.15) is 5.82 Å². The van der Waals surface area contributed by atoms with Crippen molar-refractivity contribution < 1.29 is 4.79 Å². The van der Waals surface area contributed by atoms with Crippen LogP contribution in [0.1, 0.15) is 29.0 Å². The summed E-state index contributed by atoms with van der Waals surface area (Å²) in [5.41, 5.74) is 2.11. The van der Waals surface area contributed by atoms with Gasteiger partial charge in [-0.2, -0.15) is 4.98 Å². The Labute approximate surface area is 182 Å². The molecule has 1 atom stereocenters. The van der Waals surface area contributed by atoms with E-state index >= 15 is 0 Å². The second-order valence-corrected chi connectivity index (χ2v) is 8.61. The molecule has 8 heteroatoms. The summed E-state index contributed by atoms with van der Waals surface area (Å²) >= 11 is 13.3. The average molecular weight is 446 g/mol. The van der Waals surface area contributed by atoms with Gasteiger partial charge in [0.2, 0.25) is 5.91 Å². The highest BCUT2D eigenvalue weighted by atomic mass is 35.5. The molecule has 0 aliphatic carbocycles. The average Bonchev–Trinajstić information content (AvgIpc) is 2.70. The second-order valence-electron chi connectivity index (χ2n) is 6.79. The van der Waals surface area contributed by atoms with Gasteiger partial charge in [-0.1, -0.05) is 59.2 Å². The largest absolute Gasteiger partial charge is 0.312 e. The van der Waals surface area contributed by atoms with Gasteiger partial charge in [-0.15, -0.1) is 0 Å². The maximum Gasteiger partial charge on any atom is 0.279 e. The fourth-order valence-corrected chi connectivity index (χ4v) is 4.55. The summed E-state index contributed by atoms with van der Waals surface area (Å²) < 4.78 is 1.78. The third kappa shape index (κ3) is 4.20. The number of hydrogen-bond donors (Lipinski definition) is 1. The van der Waals surface area contributed by atoms with E-state index in [0.29, 0.717) is 32.3 Å². The molecule has 0 spiro atoms. The monoisotopic (exact) mass is 445 g/mol. The highest BCUT2D eigenvalue weighted by Crippen LogP contribution is 2.36. The van der Waals surface area contributed by atoms with E-state index in [1.54, 1.807) is 23.7 Å². The van der Waals surface area contributed by atoms with Crippen molar-refractivity contribution >= 4 is 46.7 Å². The standard InChI is InChI=1S/C21H17Cl2N3O2S/c1-26-19-18(16(10-17(27)24-19)13-4-8-15(23)9-5-13)20(28)25-21(26)29-11-12-2-6-14(22)7-3-12/h2-9,16H,10-11H2,1H3,(H,24,27). The number of hydrogen-bond acceptors (Lipinski definition) is 4. The van der Waals surface area contributed by atoms with Crippen LogP contribution in [0.4, 0.5) is 5.82 Å². The van der Waals surface area contributed by atoms with Gasteiger partial charge in [-0.05, 0) is 35.4 Å². The lowest BCUT2D eigenvalue weighted by atomic mass is 9.87. The zero-order chi connectivity index (χ0) is 20.5. The number of nitrogens with zero attached hydrogens (tertiary/aromatic N) is 2. The molecule has 1 N–H and O–H groups in total. The Hall–Kier alpha value is -2.28. The van der Waals surface area contributed by atoms with Crippen molar-refractivity contribution in [1.82, 2.24) is 9.55 Å². The molecule has 2 heterocycles. The number of carbonyl (C=O) groups excluding carboxylic acids is 1. The van der Waals surface area contributed by atoms with Gasteiger partial charge < -0.3 is 9.88 Å². The van der Waals surface area contributed by atoms with Crippen molar-refractivity contribution in [2.45, 2.75) is 23.2 Å². The van der Waals surface area contributed by atoms with E-state index in [9.17, 15) is 9.59 Å². The molecule has 1 aromatic heterocycles. The molecule has 0 bridgehead atoms. The molecule has 5 nitrogen and oxygen atoms in total. The van der Waals surface area contributed by atoms with Crippen LogP contribution in [0.25, 0.3) is 0 Å². The molecular formula is C21H17Cl2N3O2S. The summed E-state index contributed by atoms with van der Waals surface area (Å²) in [6.07, 6.45) is 0.197. The Bertz CT molecular complexity index is 1130. The lowest BCUT2D eigenvalue weighted by Gasteiger charge is -2.27. The van der Waals surface area contributed by atoms with E-state index in [1.165, 1.54) is 11.8 Å². The highest BCUT2D eigenvalue weighted by Gasteiger charge is 2.32. The van der Waals surface area contributed by atoms with Crippen LogP contribution in [0.5, 0.6) is 0 Å². The smallest absolute Gasteiger partial charge is 0.279 e. The molecule has 2 aromatic carbocycles. The summed E-state index contributed by atoms with van der Waals surface area (Å²) in [4.78, 5) is 29.6. The van der Waals surface area contributed by atoms with Crippen LogP contribution in [0.2, 0.25) is 10.0 Å². The molecule has 1 unspecified atom stereocenters. The Kier molecular flexibility index (Phi) is 5.67. The molecular weight excluding hydrogens is 429 g/mol. The minimum atomic E-state index is -0.350. The third-order valence-electron chi connectivity index (χ3n) is 4.85. The van der Waals surface area contributed by atoms with Crippen molar-refractivity contribution in [2.75, 3.05) is 5.32 Å². The normalized spacial score (nSPS) is 15.7. The molecule has 0 saturated carbocycles. The van der Waals surface area contributed by atoms with Crippen LogP contribution >= 0.6 is 35.0 Å². The van der Waals surface area contributed by atoms with Crippen LogP contribution in [0, 0.1) is 0 Å². The fourth-order valence-electron chi connectivity index (χ4n) is 3.37. The first-order valence-electron chi connectivity index (χ1n) is 8.96. The highest BCUT2D eigenvalue weighted by molar-refractivity contribution is 7.98. The molecule has 0 saturated heterocycles. The third-order valence-corrected chi connectivity index (χ3v) is 6.46. The van der Waals surface area contributed by atoms with Gasteiger partial charge in [0.05, 0.1) is 5.56 Å². The van der Waals surface area contributed by atoms with Crippen molar-refractivity contribution in [3.05, 3.63) is 85.6 Å². The number of fused-ring (bicyclic) bond motifs is 1. The van der Waals surface area contributed by atoms with Crippen LogP contribution < -0.4 is 10.9 Å². The van der Waals surface area contributed by atoms with E-state index in [1.807, 2.05) is 36.4 Å². The van der Waals surface area contributed by atoms with E-state index in [4.69, 9.17) is 23.2 Å². The first kappa shape index (κ1) is 20.0. The van der Waals surface area contributed by atoms with Crippen LogP contribution in [0.15, 0.2) is 58.5 Å².